The van der Waals surface area contributed by atoms with Gasteiger partial charge in [0, 0.05) is 17.9 Å². The molecule has 11 nitrogen and oxygen atoms in total. The maximum Gasteiger partial charge on any atom is 0.407 e. The molecule has 3 rings (SSSR count). The van der Waals surface area contributed by atoms with Gasteiger partial charge in [-0.05, 0) is 51.8 Å². The molecule has 1 aromatic heterocycles. The van der Waals surface area contributed by atoms with Crippen LogP contribution in [0.3, 0.4) is 0 Å². The molecule has 1 aliphatic rings. The lowest BCUT2D eigenvalue weighted by molar-refractivity contribution is 0.0488. The fraction of sp³-hybridized carbons (Fsp3) is 0.417. The molecular formula is C24H31N9O2. The first-order valence-corrected chi connectivity index (χ1v) is 11.5. The molecule has 0 unspecified atom stereocenters. The van der Waals surface area contributed by atoms with Crippen LogP contribution in [0, 0.1) is 16.7 Å². The first-order chi connectivity index (χ1) is 16.8. The normalized spacial score (nSPS) is 17.8. The number of hydrogen-bond acceptors (Lipinski definition) is 10. The molecule has 1 fully saturated rings. The van der Waals surface area contributed by atoms with Crippen LogP contribution in [0.1, 0.15) is 52.1 Å². The van der Waals surface area contributed by atoms with E-state index in [1.807, 2.05) is 39.0 Å². The first-order valence-electron chi connectivity index (χ1n) is 11.5. The number of amides is 1. The molecule has 2 aromatic rings. The highest BCUT2D eigenvalue weighted by Gasteiger charge is 2.29. The molecule has 184 valence electrons. The van der Waals surface area contributed by atoms with Gasteiger partial charge in [0.15, 0.2) is 11.5 Å². The van der Waals surface area contributed by atoms with Crippen molar-refractivity contribution in [3.63, 3.8) is 0 Å². The average molecular weight is 478 g/mol. The Hall–Kier alpha value is -4.20. The number of hydrazone groups is 1. The van der Waals surface area contributed by atoms with Gasteiger partial charge in [0.05, 0.1) is 24.1 Å². The van der Waals surface area contributed by atoms with Crippen molar-refractivity contribution in [2.45, 2.75) is 64.1 Å². The second-order valence-corrected chi connectivity index (χ2v) is 9.11. The third-order valence-corrected chi connectivity index (χ3v) is 5.15. The molecular weight excluding hydrogens is 446 g/mol. The van der Waals surface area contributed by atoms with Gasteiger partial charge in [-0.15, -0.1) is 0 Å². The minimum atomic E-state index is -0.569. The summed E-state index contributed by atoms with van der Waals surface area (Å²) in [6.07, 6.45) is 7.20. The number of alkyl carbamates (subject to hydrolysis) is 1. The number of nitrogens with one attached hydrogen (secondary N) is 5. The number of carbonyl (C=O) groups excluding carboxylic acids is 1. The van der Waals surface area contributed by atoms with Gasteiger partial charge in [0.2, 0.25) is 0 Å². The molecule has 1 saturated carbocycles. The molecule has 0 aliphatic heterocycles. The molecule has 0 bridgehead atoms. The van der Waals surface area contributed by atoms with E-state index in [4.69, 9.17) is 10.1 Å². The van der Waals surface area contributed by atoms with E-state index in [-0.39, 0.29) is 17.8 Å². The van der Waals surface area contributed by atoms with Crippen molar-refractivity contribution in [2.24, 2.45) is 5.10 Å². The lowest BCUT2D eigenvalue weighted by atomic mass is 9.90. The zero-order valence-electron chi connectivity index (χ0n) is 20.1. The molecule has 2 atom stereocenters. The monoisotopic (exact) mass is 477 g/mol. The molecule has 35 heavy (non-hydrogen) atoms. The van der Waals surface area contributed by atoms with Gasteiger partial charge in [0.1, 0.15) is 17.5 Å². The number of nitrogens with zero attached hydrogens (tertiary/aromatic N) is 4. The van der Waals surface area contributed by atoms with Crippen LogP contribution in [-0.4, -0.2) is 46.2 Å². The van der Waals surface area contributed by atoms with Crippen molar-refractivity contribution in [1.82, 2.24) is 15.3 Å². The SMILES string of the molecule is CC(C)(C)OC(=O)N[C@H]1CCCC[C@H]1Nc1cnc(C#N)c(Nc2cccc(N/N=C\C=N)c2)n1. The number of nitriles is 1. The molecule has 1 aliphatic carbocycles. The highest BCUT2D eigenvalue weighted by Crippen LogP contribution is 2.25. The van der Waals surface area contributed by atoms with Crippen molar-refractivity contribution in [3.05, 3.63) is 36.2 Å². The summed E-state index contributed by atoms with van der Waals surface area (Å²) in [5, 5.41) is 29.9. The number of aromatic nitrogens is 2. The van der Waals surface area contributed by atoms with Crippen LogP contribution in [0.2, 0.25) is 0 Å². The summed E-state index contributed by atoms with van der Waals surface area (Å²) in [7, 11) is 0. The number of carbonyl (C=O) groups is 1. The van der Waals surface area contributed by atoms with Crippen molar-refractivity contribution in [3.8, 4) is 6.07 Å². The summed E-state index contributed by atoms with van der Waals surface area (Å²) >= 11 is 0. The topological polar surface area (TPSA) is 160 Å². The Labute approximate surface area is 204 Å². The summed E-state index contributed by atoms with van der Waals surface area (Å²) in [5.74, 6) is 0.810. The van der Waals surface area contributed by atoms with E-state index >= 15 is 0 Å². The van der Waals surface area contributed by atoms with Gasteiger partial charge in [-0.3, -0.25) is 5.43 Å². The Morgan fingerprint density at radius 2 is 2.00 bits per heavy atom. The molecule has 0 spiro atoms. The second kappa shape index (κ2) is 11.8. The predicted molar refractivity (Wildman–Crippen MR) is 136 cm³/mol. The number of benzene rings is 1. The third kappa shape index (κ3) is 7.96. The van der Waals surface area contributed by atoms with Gasteiger partial charge in [-0.2, -0.15) is 10.4 Å². The van der Waals surface area contributed by atoms with Gasteiger partial charge >= 0.3 is 6.09 Å². The highest BCUT2D eigenvalue weighted by molar-refractivity contribution is 6.14. The lowest BCUT2D eigenvalue weighted by Crippen LogP contribution is -2.49. The number of ether oxygens (including phenoxy) is 1. The van der Waals surface area contributed by atoms with Gasteiger partial charge in [0.25, 0.3) is 0 Å². The predicted octanol–water partition coefficient (Wildman–Crippen LogP) is 4.39. The van der Waals surface area contributed by atoms with Crippen LogP contribution in [0.5, 0.6) is 0 Å². The molecule has 1 amide bonds. The minimum Gasteiger partial charge on any atom is -0.444 e. The van der Waals surface area contributed by atoms with E-state index in [0.29, 0.717) is 23.0 Å². The lowest BCUT2D eigenvalue weighted by Gasteiger charge is -2.33. The van der Waals surface area contributed by atoms with E-state index in [0.717, 1.165) is 31.9 Å². The second-order valence-electron chi connectivity index (χ2n) is 9.11. The maximum atomic E-state index is 12.3. The summed E-state index contributed by atoms with van der Waals surface area (Å²) < 4.78 is 5.42. The summed E-state index contributed by atoms with van der Waals surface area (Å²) in [4.78, 5) is 21.1. The Bertz CT molecular complexity index is 1100. The van der Waals surface area contributed by atoms with E-state index in [1.165, 1.54) is 12.4 Å². The van der Waals surface area contributed by atoms with E-state index in [1.54, 1.807) is 6.07 Å². The van der Waals surface area contributed by atoms with Crippen LogP contribution in [0.15, 0.2) is 35.6 Å². The number of anilines is 4. The Morgan fingerprint density at radius 1 is 1.26 bits per heavy atom. The van der Waals surface area contributed by atoms with Gasteiger partial charge in [-0.25, -0.2) is 14.8 Å². The molecule has 11 heteroatoms. The Kier molecular flexibility index (Phi) is 8.56. The summed E-state index contributed by atoms with van der Waals surface area (Å²) in [5.41, 5.74) is 3.79. The largest absolute Gasteiger partial charge is 0.444 e. The minimum absolute atomic E-state index is 0.0504. The molecule has 1 heterocycles. The van der Waals surface area contributed by atoms with Crippen molar-refractivity contribution >= 4 is 41.5 Å². The van der Waals surface area contributed by atoms with E-state index < -0.39 is 11.7 Å². The zero-order valence-corrected chi connectivity index (χ0v) is 20.1. The van der Waals surface area contributed by atoms with E-state index in [2.05, 4.69) is 42.5 Å². The number of hydrogen-bond donors (Lipinski definition) is 5. The Morgan fingerprint density at radius 3 is 2.71 bits per heavy atom. The van der Waals surface area contributed by atoms with Crippen LogP contribution < -0.4 is 21.4 Å². The van der Waals surface area contributed by atoms with Crippen LogP contribution in [0.4, 0.5) is 27.8 Å². The maximum absolute atomic E-state index is 12.3. The van der Waals surface area contributed by atoms with Crippen LogP contribution in [-0.2, 0) is 4.74 Å². The molecule has 0 saturated heterocycles. The van der Waals surface area contributed by atoms with Gasteiger partial charge in [-0.1, -0.05) is 18.9 Å². The quantitative estimate of drug-likeness (QED) is 0.276. The first kappa shape index (κ1) is 25.4. The van der Waals surface area contributed by atoms with Gasteiger partial charge < -0.3 is 26.1 Å². The fourth-order valence-corrected chi connectivity index (χ4v) is 3.71. The fourth-order valence-electron chi connectivity index (χ4n) is 3.71. The van der Waals surface area contributed by atoms with Crippen LogP contribution in [0.25, 0.3) is 0 Å². The average Bonchev–Trinajstić information content (AvgIpc) is 2.80. The standard InChI is InChI=1S/C24H31N9O2/c1-24(2,3)35-23(34)31-19-10-5-4-9-18(19)30-21-15-27-20(14-26)22(32-21)29-16-7-6-8-17(13-16)33-28-12-11-25/h6-8,11-13,15,18-19,25,33H,4-5,9-10H2,1-3H3,(H,31,34)(H2,29,30,32)/b25-11?,28-12-/t18-,19+/m1/s1. The van der Waals surface area contributed by atoms with Crippen molar-refractivity contribution in [2.75, 3.05) is 16.1 Å². The zero-order chi connectivity index (χ0) is 25.3. The van der Waals surface area contributed by atoms with E-state index in [9.17, 15) is 10.1 Å². The smallest absolute Gasteiger partial charge is 0.407 e. The summed E-state index contributed by atoms with van der Waals surface area (Å²) in [6.45, 7) is 5.50. The van der Waals surface area contributed by atoms with Crippen molar-refractivity contribution in [1.29, 1.82) is 10.7 Å². The molecule has 1 aromatic carbocycles. The molecule has 0 radical (unpaired) electrons. The van der Waals surface area contributed by atoms with Crippen LogP contribution >= 0.6 is 0 Å². The molecule has 5 N–H and O–H groups in total. The highest BCUT2D eigenvalue weighted by atomic mass is 16.6. The van der Waals surface area contributed by atoms with Crippen molar-refractivity contribution < 1.29 is 9.53 Å². The number of rotatable bonds is 8. The summed E-state index contributed by atoms with van der Waals surface area (Å²) in [6, 6.07) is 9.16. The third-order valence-electron chi connectivity index (χ3n) is 5.15. The Balaban J connectivity index is 1.73.